The fourth-order valence-corrected chi connectivity index (χ4v) is 2.74. The number of piperazine rings is 1. The van der Waals surface area contributed by atoms with Gasteiger partial charge < -0.3 is 20.1 Å². The molecule has 2 fully saturated rings. The summed E-state index contributed by atoms with van der Waals surface area (Å²) < 4.78 is 5.15. The summed E-state index contributed by atoms with van der Waals surface area (Å²) in [6.07, 6.45) is 1.28. The third-order valence-electron chi connectivity index (χ3n) is 4.31. The number of aliphatic carboxylic acids is 1. The summed E-state index contributed by atoms with van der Waals surface area (Å²) in [5.41, 5.74) is -1.26. The molecule has 0 bridgehead atoms. The molecule has 2 amide bonds. The zero-order chi connectivity index (χ0) is 14.8. The summed E-state index contributed by atoms with van der Waals surface area (Å²) in [6.45, 7) is 4.56. The minimum atomic E-state index is -1.26. The molecule has 0 spiro atoms. The number of hydrogen-bond acceptors (Lipinski definition) is 4. The summed E-state index contributed by atoms with van der Waals surface area (Å²) in [5.74, 6) is -1.02. The lowest BCUT2D eigenvalue weighted by molar-refractivity contribution is -0.144. The summed E-state index contributed by atoms with van der Waals surface area (Å²) in [7, 11) is 2.05. The van der Waals surface area contributed by atoms with Crippen molar-refractivity contribution in [3.05, 3.63) is 0 Å². The van der Waals surface area contributed by atoms with E-state index in [2.05, 4.69) is 17.1 Å². The van der Waals surface area contributed by atoms with Gasteiger partial charge in [0.25, 0.3) is 0 Å². The third-order valence-corrected chi connectivity index (χ3v) is 4.31. The van der Waals surface area contributed by atoms with Gasteiger partial charge in [-0.15, -0.1) is 0 Å². The van der Waals surface area contributed by atoms with Gasteiger partial charge >= 0.3 is 12.0 Å². The van der Waals surface area contributed by atoms with Crippen molar-refractivity contribution in [1.29, 1.82) is 0 Å². The summed E-state index contributed by atoms with van der Waals surface area (Å²) in [6, 6.07) is 0.0274. The lowest BCUT2D eigenvalue weighted by Gasteiger charge is -2.40. The highest BCUT2D eigenvalue weighted by molar-refractivity contribution is 5.86. The Kier molecular flexibility index (Phi) is 4.49. The van der Waals surface area contributed by atoms with E-state index in [-0.39, 0.29) is 12.6 Å². The SMILES string of the molecule is CCC1CN(C(=O)NC2(C(=O)O)CCOC2)CCN1C. The van der Waals surface area contributed by atoms with Gasteiger partial charge in [0.15, 0.2) is 5.54 Å². The normalized spacial score (nSPS) is 31.3. The largest absolute Gasteiger partial charge is 0.479 e. The highest BCUT2D eigenvalue weighted by atomic mass is 16.5. The van der Waals surface area contributed by atoms with Crippen LogP contribution in [0.4, 0.5) is 4.79 Å². The molecule has 2 rings (SSSR count). The second kappa shape index (κ2) is 5.97. The molecule has 0 aliphatic carbocycles. The number of nitrogens with zero attached hydrogens (tertiary/aromatic N) is 2. The number of nitrogens with one attached hydrogen (secondary N) is 1. The van der Waals surface area contributed by atoms with Crippen LogP contribution >= 0.6 is 0 Å². The van der Waals surface area contributed by atoms with Crippen LogP contribution in [0, 0.1) is 0 Å². The van der Waals surface area contributed by atoms with Gasteiger partial charge in [0, 0.05) is 38.7 Å². The Morgan fingerprint density at radius 1 is 1.45 bits per heavy atom. The average molecular weight is 285 g/mol. The highest BCUT2D eigenvalue weighted by Crippen LogP contribution is 2.20. The quantitative estimate of drug-likeness (QED) is 0.761. The van der Waals surface area contributed by atoms with Crippen molar-refractivity contribution in [2.24, 2.45) is 0 Å². The second-order valence-electron chi connectivity index (χ2n) is 5.61. The minimum absolute atomic E-state index is 0.0407. The van der Waals surface area contributed by atoms with Crippen LogP contribution in [-0.4, -0.2) is 78.4 Å². The molecule has 0 aromatic heterocycles. The van der Waals surface area contributed by atoms with Gasteiger partial charge in [0.05, 0.1) is 6.61 Å². The lowest BCUT2D eigenvalue weighted by atomic mass is 9.99. The van der Waals surface area contributed by atoms with Gasteiger partial charge in [-0.2, -0.15) is 0 Å². The molecule has 20 heavy (non-hydrogen) atoms. The minimum Gasteiger partial charge on any atom is -0.479 e. The van der Waals surface area contributed by atoms with Crippen LogP contribution in [0.15, 0.2) is 0 Å². The number of rotatable bonds is 3. The van der Waals surface area contributed by atoms with E-state index < -0.39 is 11.5 Å². The lowest BCUT2D eigenvalue weighted by Crippen LogP contribution is -2.62. The summed E-state index contributed by atoms with van der Waals surface area (Å²) in [4.78, 5) is 27.6. The molecule has 2 saturated heterocycles. The van der Waals surface area contributed by atoms with Crippen LogP contribution < -0.4 is 5.32 Å². The van der Waals surface area contributed by atoms with E-state index in [1.807, 2.05) is 7.05 Å². The first-order valence-electron chi connectivity index (χ1n) is 7.07. The zero-order valence-electron chi connectivity index (χ0n) is 12.1. The first-order chi connectivity index (χ1) is 9.48. The molecule has 2 heterocycles. The number of hydrogen-bond donors (Lipinski definition) is 2. The molecule has 7 nitrogen and oxygen atoms in total. The Labute approximate surface area is 118 Å². The van der Waals surface area contributed by atoms with Crippen molar-refractivity contribution in [3.8, 4) is 0 Å². The Balaban J connectivity index is 1.99. The van der Waals surface area contributed by atoms with Crippen LogP contribution in [0.2, 0.25) is 0 Å². The number of urea groups is 1. The number of amides is 2. The van der Waals surface area contributed by atoms with Gasteiger partial charge in [-0.25, -0.2) is 9.59 Å². The number of carboxylic acid groups (broad SMARTS) is 1. The van der Waals surface area contributed by atoms with Crippen molar-refractivity contribution >= 4 is 12.0 Å². The maximum Gasteiger partial charge on any atom is 0.332 e. The maximum atomic E-state index is 12.3. The molecule has 2 aliphatic heterocycles. The van der Waals surface area contributed by atoms with Gasteiger partial charge in [-0.05, 0) is 13.5 Å². The smallest absolute Gasteiger partial charge is 0.332 e. The van der Waals surface area contributed by atoms with Crippen LogP contribution in [0.3, 0.4) is 0 Å². The summed E-state index contributed by atoms with van der Waals surface area (Å²) >= 11 is 0. The predicted molar refractivity (Wildman–Crippen MR) is 72.6 cm³/mol. The van der Waals surface area contributed by atoms with E-state index in [0.29, 0.717) is 32.2 Å². The van der Waals surface area contributed by atoms with Crippen LogP contribution in [-0.2, 0) is 9.53 Å². The van der Waals surface area contributed by atoms with Crippen LogP contribution in [0.25, 0.3) is 0 Å². The number of ether oxygens (including phenoxy) is 1. The Bertz CT molecular complexity index is 382. The first kappa shape index (κ1) is 15.1. The topological polar surface area (TPSA) is 82.1 Å². The van der Waals surface area contributed by atoms with Gasteiger partial charge in [0.1, 0.15) is 0 Å². The summed E-state index contributed by atoms with van der Waals surface area (Å²) in [5, 5.41) is 12.0. The molecule has 0 radical (unpaired) electrons. The van der Waals surface area contributed by atoms with Crippen molar-refractivity contribution in [3.63, 3.8) is 0 Å². The fraction of sp³-hybridized carbons (Fsp3) is 0.846. The van der Waals surface area contributed by atoms with Crippen molar-refractivity contribution in [2.75, 3.05) is 39.9 Å². The van der Waals surface area contributed by atoms with Crippen LogP contribution in [0.1, 0.15) is 19.8 Å². The molecule has 0 aromatic carbocycles. The van der Waals surface area contributed by atoms with E-state index in [0.717, 1.165) is 13.0 Å². The van der Waals surface area contributed by atoms with E-state index in [9.17, 15) is 14.7 Å². The van der Waals surface area contributed by atoms with Crippen LogP contribution in [0.5, 0.6) is 0 Å². The Hall–Kier alpha value is -1.34. The Morgan fingerprint density at radius 3 is 2.75 bits per heavy atom. The first-order valence-corrected chi connectivity index (χ1v) is 7.07. The monoisotopic (exact) mass is 285 g/mol. The fourth-order valence-electron chi connectivity index (χ4n) is 2.74. The molecular weight excluding hydrogens is 262 g/mol. The van der Waals surface area contributed by atoms with Crippen molar-refractivity contribution in [1.82, 2.24) is 15.1 Å². The third kappa shape index (κ3) is 2.88. The number of likely N-dealkylation sites (N-methyl/N-ethyl adjacent to an activating group) is 1. The van der Waals surface area contributed by atoms with E-state index in [4.69, 9.17) is 4.74 Å². The molecule has 2 atom stereocenters. The molecule has 7 heteroatoms. The molecule has 2 unspecified atom stereocenters. The molecule has 0 aromatic rings. The highest BCUT2D eigenvalue weighted by Gasteiger charge is 2.45. The molecule has 2 N–H and O–H groups in total. The number of carboxylic acids is 1. The van der Waals surface area contributed by atoms with E-state index in [1.54, 1.807) is 4.90 Å². The standard InChI is InChI=1S/C13H23N3O4/c1-3-10-8-16(6-5-15(10)2)12(19)14-13(11(17)18)4-7-20-9-13/h10H,3-9H2,1-2H3,(H,14,19)(H,17,18). The molecule has 2 aliphatic rings. The van der Waals surface area contributed by atoms with Crippen molar-refractivity contribution in [2.45, 2.75) is 31.3 Å². The molecule has 0 saturated carbocycles. The van der Waals surface area contributed by atoms with Gasteiger partial charge in [-0.1, -0.05) is 6.92 Å². The predicted octanol–water partition coefficient (Wildman–Crippen LogP) is -0.0343. The Morgan fingerprint density at radius 2 is 2.20 bits per heavy atom. The van der Waals surface area contributed by atoms with E-state index in [1.165, 1.54) is 0 Å². The average Bonchev–Trinajstić information content (AvgIpc) is 2.89. The van der Waals surface area contributed by atoms with Gasteiger partial charge in [-0.3, -0.25) is 4.90 Å². The van der Waals surface area contributed by atoms with Crippen molar-refractivity contribution < 1.29 is 19.4 Å². The maximum absolute atomic E-state index is 12.3. The number of carbonyl (C=O) groups is 2. The van der Waals surface area contributed by atoms with E-state index >= 15 is 0 Å². The molecule has 114 valence electrons. The second-order valence-corrected chi connectivity index (χ2v) is 5.61. The number of carbonyl (C=O) groups excluding carboxylic acids is 1. The van der Waals surface area contributed by atoms with Gasteiger partial charge in [0.2, 0.25) is 0 Å². The molecular formula is C13H23N3O4. The zero-order valence-corrected chi connectivity index (χ0v) is 12.1.